The molecule has 1 fully saturated rings. The number of hydrogen-bond acceptors (Lipinski definition) is 4. The van der Waals surface area contributed by atoms with Gasteiger partial charge in [-0.25, -0.2) is 0 Å². The molecule has 0 bridgehead atoms. The monoisotopic (exact) mass is 305 g/mol. The molecule has 2 N–H and O–H groups in total. The number of rotatable bonds is 9. The Morgan fingerprint density at radius 1 is 1.23 bits per heavy atom. The average Bonchev–Trinajstić information content (AvgIpc) is 2.57. The van der Waals surface area contributed by atoms with Gasteiger partial charge in [0.2, 0.25) is 5.91 Å². The molecule has 122 valence electrons. The number of carbonyl (C=O) groups is 1. The second-order valence-corrected chi connectivity index (χ2v) is 5.58. The number of benzene rings is 1. The minimum absolute atomic E-state index is 0.0772. The lowest BCUT2D eigenvalue weighted by atomic mass is 10.2. The Bertz CT molecular complexity index is 419. The van der Waals surface area contributed by atoms with Crippen LogP contribution < -0.4 is 10.6 Å². The largest absolute Gasteiger partial charge is 0.376 e. The van der Waals surface area contributed by atoms with Gasteiger partial charge in [0.15, 0.2) is 0 Å². The lowest BCUT2D eigenvalue weighted by Gasteiger charge is -2.27. The van der Waals surface area contributed by atoms with Gasteiger partial charge in [0.25, 0.3) is 0 Å². The summed E-state index contributed by atoms with van der Waals surface area (Å²) in [5, 5.41) is 6.30. The lowest BCUT2D eigenvalue weighted by molar-refractivity contribution is -0.122. The van der Waals surface area contributed by atoms with Gasteiger partial charge in [-0.2, -0.15) is 0 Å². The first-order valence-corrected chi connectivity index (χ1v) is 8.16. The van der Waals surface area contributed by atoms with Gasteiger partial charge < -0.3 is 20.3 Å². The van der Waals surface area contributed by atoms with Crippen LogP contribution in [0.3, 0.4) is 0 Å². The van der Waals surface area contributed by atoms with Crippen molar-refractivity contribution in [2.75, 3.05) is 45.9 Å². The molecular weight excluding hydrogens is 278 g/mol. The van der Waals surface area contributed by atoms with E-state index in [9.17, 15) is 4.79 Å². The Morgan fingerprint density at radius 3 is 2.77 bits per heavy atom. The zero-order chi connectivity index (χ0) is 15.5. The molecule has 0 aromatic heterocycles. The second kappa shape index (κ2) is 10.3. The van der Waals surface area contributed by atoms with Gasteiger partial charge in [0.05, 0.1) is 13.2 Å². The topological polar surface area (TPSA) is 53.6 Å². The van der Waals surface area contributed by atoms with E-state index in [0.717, 1.165) is 51.3 Å². The fraction of sp³-hybridized carbons (Fsp3) is 0.588. The van der Waals surface area contributed by atoms with E-state index in [2.05, 4.69) is 15.5 Å². The van der Waals surface area contributed by atoms with Gasteiger partial charge in [0.1, 0.15) is 0 Å². The van der Waals surface area contributed by atoms with E-state index in [0.29, 0.717) is 19.6 Å². The van der Waals surface area contributed by atoms with Crippen molar-refractivity contribution in [1.82, 2.24) is 15.5 Å². The van der Waals surface area contributed by atoms with Gasteiger partial charge in [0, 0.05) is 39.1 Å². The fourth-order valence-corrected chi connectivity index (χ4v) is 2.48. The highest BCUT2D eigenvalue weighted by molar-refractivity contribution is 5.75. The molecule has 0 aliphatic carbocycles. The summed E-state index contributed by atoms with van der Waals surface area (Å²) in [5.41, 5.74) is 1.14. The van der Waals surface area contributed by atoms with Crippen molar-refractivity contribution < 1.29 is 9.53 Å². The van der Waals surface area contributed by atoms with Crippen molar-refractivity contribution in [2.45, 2.75) is 19.4 Å². The number of nitrogens with one attached hydrogen (secondary N) is 2. The van der Waals surface area contributed by atoms with Crippen LogP contribution in [-0.4, -0.2) is 56.7 Å². The van der Waals surface area contributed by atoms with Crippen LogP contribution in [0.4, 0.5) is 0 Å². The first kappa shape index (κ1) is 16.9. The number of piperazine rings is 1. The standard InChI is InChI=1S/C17H27N3O2/c21-17(7-14-22-15-16-5-2-1-3-6-16)19-8-4-11-20-12-9-18-10-13-20/h1-3,5-6,18H,4,7-15H2,(H,19,21). The maximum absolute atomic E-state index is 11.7. The van der Waals surface area contributed by atoms with Crippen molar-refractivity contribution in [2.24, 2.45) is 0 Å². The Labute approximate surface area is 133 Å². The first-order valence-electron chi connectivity index (χ1n) is 8.16. The normalized spacial score (nSPS) is 15.6. The lowest BCUT2D eigenvalue weighted by Crippen LogP contribution is -2.44. The molecule has 1 aromatic rings. The number of amides is 1. The Morgan fingerprint density at radius 2 is 2.00 bits per heavy atom. The molecule has 1 aliphatic heterocycles. The highest BCUT2D eigenvalue weighted by Crippen LogP contribution is 2.00. The number of ether oxygens (including phenoxy) is 1. The second-order valence-electron chi connectivity index (χ2n) is 5.58. The summed E-state index contributed by atoms with van der Waals surface area (Å²) < 4.78 is 5.52. The summed E-state index contributed by atoms with van der Waals surface area (Å²) >= 11 is 0. The van der Waals surface area contributed by atoms with Crippen LogP contribution in [0.2, 0.25) is 0 Å². The molecule has 22 heavy (non-hydrogen) atoms. The predicted molar refractivity (Wildman–Crippen MR) is 87.7 cm³/mol. The zero-order valence-electron chi connectivity index (χ0n) is 13.2. The van der Waals surface area contributed by atoms with Crippen LogP contribution in [0.5, 0.6) is 0 Å². The third-order valence-corrected chi connectivity index (χ3v) is 3.77. The summed E-state index contributed by atoms with van der Waals surface area (Å²) in [5.74, 6) is 0.0772. The minimum atomic E-state index is 0.0772. The molecule has 1 aliphatic rings. The molecule has 0 saturated carbocycles. The quantitative estimate of drug-likeness (QED) is 0.669. The van der Waals surface area contributed by atoms with Crippen LogP contribution in [-0.2, 0) is 16.1 Å². The number of carbonyl (C=O) groups excluding carboxylic acids is 1. The summed E-state index contributed by atoms with van der Waals surface area (Å²) in [6, 6.07) is 10.0. The third-order valence-electron chi connectivity index (χ3n) is 3.77. The summed E-state index contributed by atoms with van der Waals surface area (Å²) in [6.07, 6.45) is 1.44. The molecule has 1 aromatic carbocycles. The van der Waals surface area contributed by atoms with Gasteiger partial charge in [-0.15, -0.1) is 0 Å². The van der Waals surface area contributed by atoms with Gasteiger partial charge in [-0.3, -0.25) is 4.79 Å². The highest BCUT2D eigenvalue weighted by Gasteiger charge is 2.08. The maximum atomic E-state index is 11.7. The predicted octanol–water partition coefficient (Wildman–Crippen LogP) is 1.00. The smallest absolute Gasteiger partial charge is 0.222 e. The van der Waals surface area contributed by atoms with E-state index in [1.165, 1.54) is 0 Å². The van der Waals surface area contributed by atoms with Crippen molar-refractivity contribution in [3.05, 3.63) is 35.9 Å². The van der Waals surface area contributed by atoms with Crippen molar-refractivity contribution in [3.8, 4) is 0 Å². The molecule has 1 heterocycles. The Balaban J connectivity index is 1.44. The zero-order valence-corrected chi connectivity index (χ0v) is 13.2. The molecule has 5 heteroatoms. The van der Waals surface area contributed by atoms with Gasteiger partial charge in [-0.1, -0.05) is 30.3 Å². The van der Waals surface area contributed by atoms with E-state index in [-0.39, 0.29) is 5.91 Å². The maximum Gasteiger partial charge on any atom is 0.222 e. The van der Waals surface area contributed by atoms with Crippen LogP contribution in [0.15, 0.2) is 30.3 Å². The molecular formula is C17H27N3O2. The van der Waals surface area contributed by atoms with Crippen LogP contribution in [0.1, 0.15) is 18.4 Å². The Kier molecular flexibility index (Phi) is 7.94. The van der Waals surface area contributed by atoms with E-state index in [1.54, 1.807) is 0 Å². The average molecular weight is 305 g/mol. The van der Waals surface area contributed by atoms with Crippen molar-refractivity contribution >= 4 is 5.91 Å². The molecule has 0 radical (unpaired) electrons. The van der Waals surface area contributed by atoms with Crippen molar-refractivity contribution in [1.29, 1.82) is 0 Å². The number of nitrogens with zero attached hydrogens (tertiary/aromatic N) is 1. The third kappa shape index (κ3) is 7.02. The van der Waals surface area contributed by atoms with Gasteiger partial charge in [-0.05, 0) is 18.5 Å². The van der Waals surface area contributed by atoms with Crippen molar-refractivity contribution in [3.63, 3.8) is 0 Å². The highest BCUT2D eigenvalue weighted by atomic mass is 16.5. The summed E-state index contributed by atoms with van der Waals surface area (Å²) in [7, 11) is 0. The molecule has 1 amide bonds. The molecule has 0 atom stereocenters. The van der Waals surface area contributed by atoms with Crippen LogP contribution in [0.25, 0.3) is 0 Å². The molecule has 2 rings (SSSR count). The summed E-state index contributed by atoms with van der Waals surface area (Å²) in [6.45, 7) is 7.22. The van der Waals surface area contributed by atoms with Crippen LogP contribution >= 0.6 is 0 Å². The number of hydrogen-bond donors (Lipinski definition) is 2. The SMILES string of the molecule is O=C(CCOCc1ccccc1)NCCCN1CCNCC1. The minimum Gasteiger partial charge on any atom is -0.376 e. The summed E-state index contributed by atoms with van der Waals surface area (Å²) in [4.78, 5) is 14.1. The molecule has 0 unspecified atom stereocenters. The molecule has 0 spiro atoms. The van der Waals surface area contributed by atoms with Crippen LogP contribution in [0, 0.1) is 0 Å². The fourth-order valence-electron chi connectivity index (χ4n) is 2.48. The Hall–Kier alpha value is -1.43. The van der Waals surface area contributed by atoms with E-state index >= 15 is 0 Å². The van der Waals surface area contributed by atoms with E-state index < -0.39 is 0 Å². The van der Waals surface area contributed by atoms with Gasteiger partial charge >= 0.3 is 0 Å². The van der Waals surface area contributed by atoms with E-state index in [1.807, 2.05) is 30.3 Å². The first-order chi connectivity index (χ1) is 10.8. The molecule has 1 saturated heterocycles. The van der Waals surface area contributed by atoms with E-state index in [4.69, 9.17) is 4.74 Å². The molecule has 5 nitrogen and oxygen atoms in total.